The predicted octanol–water partition coefficient (Wildman–Crippen LogP) is 9.56. The Kier molecular flexibility index (Phi) is 12.8. The second kappa shape index (κ2) is 14.1. The first-order chi connectivity index (χ1) is 15.3. The van der Waals surface area contributed by atoms with Crippen LogP contribution >= 0.6 is 0 Å². The molecule has 33 heavy (non-hydrogen) atoms. The molecule has 0 bridgehead atoms. The van der Waals surface area contributed by atoms with Crippen molar-refractivity contribution in [1.29, 1.82) is 0 Å². The molecule has 5 heteroatoms. The van der Waals surface area contributed by atoms with Crippen molar-refractivity contribution in [3.8, 4) is 0 Å². The molecule has 0 aliphatic heterocycles. The van der Waals surface area contributed by atoms with Crippen molar-refractivity contribution in [2.24, 2.45) is 5.92 Å². The fourth-order valence-corrected chi connectivity index (χ4v) is 2.20. The molecule has 0 aliphatic rings. The molecular weight excluding hydrogens is 428 g/mol. The van der Waals surface area contributed by atoms with Crippen LogP contribution in [0.25, 0.3) is 0 Å². The smallest absolute Gasteiger partial charge is 0.200 e. The molecule has 0 rings (SSSR count). The topological polar surface area (TPSA) is 9.23 Å². The zero-order chi connectivity index (χ0) is 25.9. The Morgan fingerprint density at radius 2 is 1.18 bits per heavy atom. The molecule has 0 aromatic carbocycles. The summed E-state index contributed by atoms with van der Waals surface area (Å²) in [5.41, 5.74) is -0.246. The van der Waals surface area contributed by atoms with Crippen molar-refractivity contribution >= 4 is 0 Å². The van der Waals surface area contributed by atoms with Crippen LogP contribution in [0.1, 0.15) is 40.5 Å². The fourth-order valence-electron chi connectivity index (χ4n) is 2.20. The van der Waals surface area contributed by atoms with Crippen LogP contribution in [0.2, 0.25) is 0 Å². The average Bonchev–Trinajstić information content (AvgIpc) is 2.80. The van der Waals surface area contributed by atoms with Gasteiger partial charge in [0.05, 0.1) is 6.61 Å². The van der Waals surface area contributed by atoms with Crippen LogP contribution in [0.15, 0.2) is 120 Å². The third-order valence-electron chi connectivity index (χ3n) is 4.54. The maximum atomic E-state index is 14.6. The largest absolute Gasteiger partial charge is 0.491 e. The highest BCUT2D eigenvalue weighted by molar-refractivity contribution is 5.55. The lowest BCUT2D eigenvalue weighted by atomic mass is 9.99. The van der Waals surface area contributed by atoms with E-state index in [4.69, 9.17) is 4.74 Å². The summed E-state index contributed by atoms with van der Waals surface area (Å²) in [6, 6.07) is 0. The van der Waals surface area contributed by atoms with Gasteiger partial charge in [-0.3, -0.25) is 0 Å². The summed E-state index contributed by atoms with van der Waals surface area (Å²) < 4.78 is 62.5. The molecule has 0 fully saturated rings. The Morgan fingerprint density at radius 3 is 1.61 bits per heavy atom. The second-order valence-electron chi connectivity index (χ2n) is 7.86. The van der Waals surface area contributed by atoms with Gasteiger partial charge in [0, 0.05) is 16.7 Å². The van der Waals surface area contributed by atoms with Crippen molar-refractivity contribution in [3.05, 3.63) is 120 Å². The van der Waals surface area contributed by atoms with E-state index in [1.54, 1.807) is 13.0 Å². The highest BCUT2D eigenvalue weighted by atomic mass is 19.2. The highest BCUT2D eigenvalue weighted by Gasteiger charge is 2.17. The van der Waals surface area contributed by atoms with Crippen LogP contribution in [0.5, 0.6) is 0 Å². The average molecular weight is 463 g/mol. The number of ether oxygens (including phenoxy) is 1. The number of halogens is 4. The monoisotopic (exact) mass is 462 g/mol. The molecule has 0 spiro atoms. The van der Waals surface area contributed by atoms with Crippen LogP contribution in [-0.2, 0) is 4.74 Å². The zero-order valence-corrected chi connectivity index (χ0v) is 20.1. The summed E-state index contributed by atoms with van der Waals surface area (Å²) >= 11 is 0. The predicted molar refractivity (Wildman–Crippen MR) is 132 cm³/mol. The summed E-state index contributed by atoms with van der Waals surface area (Å²) in [4.78, 5) is 0. The molecule has 180 valence electrons. The van der Waals surface area contributed by atoms with Gasteiger partial charge in [0.1, 0.15) is 0 Å². The van der Waals surface area contributed by atoms with E-state index in [2.05, 4.69) is 39.5 Å². The van der Waals surface area contributed by atoms with Crippen LogP contribution in [0, 0.1) is 5.92 Å². The molecule has 0 aliphatic carbocycles. The molecule has 0 saturated carbocycles. The maximum absolute atomic E-state index is 14.6. The molecule has 0 saturated heterocycles. The number of hydrogen-bond donors (Lipinski definition) is 0. The molecule has 0 amide bonds. The second-order valence-corrected chi connectivity index (χ2v) is 7.86. The van der Waals surface area contributed by atoms with E-state index in [1.807, 2.05) is 20.8 Å². The summed E-state index contributed by atoms with van der Waals surface area (Å²) in [5, 5.41) is 0. The SMILES string of the molecule is C=C(/C=C\C(=C)C(=C)/C(F)=C(/F)C(=C)/C(C)=C/CC(C)C)C(=C)/C(F)=C(/F)C(=C)OCCC. The number of rotatable bonds is 14. The van der Waals surface area contributed by atoms with Crippen molar-refractivity contribution in [3.63, 3.8) is 0 Å². The third-order valence-corrected chi connectivity index (χ3v) is 4.54. The van der Waals surface area contributed by atoms with Gasteiger partial charge in [-0.2, -0.15) is 4.39 Å². The van der Waals surface area contributed by atoms with Crippen LogP contribution < -0.4 is 0 Å². The van der Waals surface area contributed by atoms with Gasteiger partial charge in [-0.25, -0.2) is 13.2 Å². The lowest BCUT2D eigenvalue weighted by Gasteiger charge is -2.10. The van der Waals surface area contributed by atoms with E-state index in [-0.39, 0.29) is 34.5 Å². The maximum Gasteiger partial charge on any atom is 0.200 e. The van der Waals surface area contributed by atoms with Gasteiger partial charge in [0.25, 0.3) is 0 Å². The van der Waals surface area contributed by atoms with Crippen LogP contribution in [0.4, 0.5) is 17.6 Å². The quantitative estimate of drug-likeness (QED) is 0.142. The molecular formula is C28H34F4O. The molecule has 0 N–H and O–H groups in total. The Bertz CT molecular complexity index is 952. The Hall–Kier alpha value is -3.08. The van der Waals surface area contributed by atoms with Gasteiger partial charge < -0.3 is 4.74 Å². The van der Waals surface area contributed by atoms with E-state index < -0.39 is 29.1 Å². The van der Waals surface area contributed by atoms with Gasteiger partial charge in [-0.1, -0.05) is 78.5 Å². The molecule has 0 aromatic heterocycles. The summed E-state index contributed by atoms with van der Waals surface area (Å²) in [7, 11) is 0. The minimum Gasteiger partial charge on any atom is -0.491 e. The number of hydrogen-bond acceptors (Lipinski definition) is 1. The summed E-state index contributed by atoms with van der Waals surface area (Å²) in [6.07, 6.45) is 5.58. The summed E-state index contributed by atoms with van der Waals surface area (Å²) in [6.45, 7) is 28.8. The van der Waals surface area contributed by atoms with Gasteiger partial charge in [0.2, 0.25) is 5.83 Å². The highest BCUT2D eigenvalue weighted by Crippen LogP contribution is 2.31. The molecule has 1 nitrogen and oxygen atoms in total. The van der Waals surface area contributed by atoms with E-state index in [0.29, 0.717) is 24.3 Å². The first-order valence-corrected chi connectivity index (χ1v) is 10.5. The van der Waals surface area contributed by atoms with Gasteiger partial charge in [0.15, 0.2) is 23.2 Å². The van der Waals surface area contributed by atoms with E-state index in [0.717, 1.165) is 0 Å². The van der Waals surface area contributed by atoms with Gasteiger partial charge in [-0.15, -0.1) is 0 Å². The van der Waals surface area contributed by atoms with E-state index >= 15 is 0 Å². The van der Waals surface area contributed by atoms with Crippen molar-refractivity contribution in [1.82, 2.24) is 0 Å². The Balaban J connectivity index is 5.44. The van der Waals surface area contributed by atoms with E-state index in [9.17, 15) is 17.6 Å². The minimum absolute atomic E-state index is 0.00811. The molecule has 0 unspecified atom stereocenters. The Morgan fingerprint density at radius 1 is 0.758 bits per heavy atom. The zero-order valence-electron chi connectivity index (χ0n) is 20.1. The fraction of sp³-hybridized carbons (Fsp3) is 0.286. The van der Waals surface area contributed by atoms with E-state index in [1.165, 1.54) is 12.2 Å². The van der Waals surface area contributed by atoms with Crippen molar-refractivity contribution in [2.45, 2.75) is 40.5 Å². The third kappa shape index (κ3) is 9.52. The van der Waals surface area contributed by atoms with Crippen LogP contribution in [0.3, 0.4) is 0 Å². The molecule has 0 atom stereocenters. The normalized spacial score (nSPS) is 13.4. The van der Waals surface area contributed by atoms with Gasteiger partial charge >= 0.3 is 0 Å². The number of allylic oxidation sites excluding steroid dienone is 13. The lowest BCUT2D eigenvalue weighted by Crippen LogP contribution is -1.97. The van der Waals surface area contributed by atoms with Gasteiger partial charge in [-0.05, 0) is 42.4 Å². The molecule has 0 heterocycles. The van der Waals surface area contributed by atoms with Crippen LogP contribution in [-0.4, -0.2) is 6.61 Å². The summed E-state index contributed by atoms with van der Waals surface area (Å²) in [5.74, 6) is -5.02. The first-order valence-electron chi connectivity index (χ1n) is 10.5. The lowest BCUT2D eigenvalue weighted by molar-refractivity contribution is 0.208. The first kappa shape index (κ1) is 29.9. The van der Waals surface area contributed by atoms with Crippen molar-refractivity contribution in [2.75, 3.05) is 6.61 Å². The molecule has 0 radical (unpaired) electrons. The minimum atomic E-state index is -1.29. The Labute approximate surface area is 195 Å². The van der Waals surface area contributed by atoms with Crippen molar-refractivity contribution < 1.29 is 22.3 Å². The standard InChI is InChI=1S/C28H34F4O/c1-11-16-33-24(10)28(32)27(31)23(9)20(6)15-14-19(5)22(8)26(30)25(29)21(7)18(4)13-12-17(2)3/h13-15,17H,5-12,16H2,1-4H3/b15-14-,18-13+,26-25-,28-27-. The molecule has 0 aromatic rings.